The van der Waals surface area contributed by atoms with E-state index in [1.165, 1.54) is 30.3 Å². The van der Waals surface area contributed by atoms with E-state index < -0.39 is 0 Å². The standard InChI is InChI=1S/C41H49F2N9O/c42-31-4-1-7-35(19-31)49-15-3-6-33(26-49)47-39-21-37(9-13-45-39)50-16-11-28(23-50)29-12-17-51(24-29)38-10-14-46-40(22-38)48-34-18-30(41(44)53)25-52(27-34)36-8-2-5-32(43)20-36/h1-2,4-5,7-10,13-14,19-22,28-30,33-34H,3,6,11-12,15-18,23-27H2,(H2,44,53)(H,45,47)(H,46,48). The van der Waals surface area contributed by atoms with Crippen LogP contribution in [0.25, 0.3) is 0 Å². The molecule has 4 aromatic rings. The molecule has 12 heteroatoms. The number of piperidine rings is 2. The molecule has 53 heavy (non-hydrogen) atoms. The van der Waals surface area contributed by atoms with E-state index in [0.29, 0.717) is 31.3 Å². The second-order valence-corrected chi connectivity index (χ2v) is 15.3. The quantitative estimate of drug-likeness (QED) is 0.183. The molecule has 0 aliphatic carbocycles. The third kappa shape index (κ3) is 8.26. The molecule has 4 saturated heterocycles. The van der Waals surface area contributed by atoms with Gasteiger partial charge in [0.1, 0.15) is 23.3 Å². The maximum absolute atomic E-state index is 14.0. The van der Waals surface area contributed by atoms with Gasteiger partial charge in [-0.3, -0.25) is 4.79 Å². The van der Waals surface area contributed by atoms with Crippen LogP contribution in [0.5, 0.6) is 0 Å². The molecule has 278 valence electrons. The van der Waals surface area contributed by atoms with Gasteiger partial charge >= 0.3 is 0 Å². The molecule has 4 fully saturated rings. The molecule has 8 rings (SSSR count). The van der Waals surface area contributed by atoms with Gasteiger partial charge in [-0.2, -0.15) is 0 Å². The van der Waals surface area contributed by atoms with Crippen molar-refractivity contribution in [3.8, 4) is 0 Å². The van der Waals surface area contributed by atoms with E-state index in [1.807, 2.05) is 29.4 Å². The van der Waals surface area contributed by atoms with Gasteiger partial charge in [0.2, 0.25) is 5.91 Å². The number of carbonyl (C=O) groups is 1. The fraction of sp³-hybridized carbons (Fsp3) is 0.439. The van der Waals surface area contributed by atoms with Gasteiger partial charge in [0, 0.05) is 112 Å². The highest BCUT2D eigenvalue weighted by Crippen LogP contribution is 2.36. The van der Waals surface area contributed by atoms with Gasteiger partial charge in [-0.05, 0) is 92.5 Å². The lowest BCUT2D eigenvalue weighted by Gasteiger charge is -2.38. The number of amides is 1. The van der Waals surface area contributed by atoms with Crippen LogP contribution >= 0.6 is 0 Å². The molecule has 0 saturated carbocycles. The minimum absolute atomic E-state index is 0.0652. The number of hydrogen-bond donors (Lipinski definition) is 3. The number of primary amides is 1. The summed E-state index contributed by atoms with van der Waals surface area (Å²) < 4.78 is 27.9. The first-order chi connectivity index (χ1) is 25.8. The highest BCUT2D eigenvalue weighted by Gasteiger charge is 2.35. The largest absolute Gasteiger partial charge is 0.371 e. The average Bonchev–Trinajstić information content (AvgIpc) is 3.86. The summed E-state index contributed by atoms with van der Waals surface area (Å²) in [6.07, 6.45) is 8.79. The molecule has 0 spiro atoms. The first-order valence-corrected chi connectivity index (χ1v) is 19.1. The molecule has 5 atom stereocenters. The monoisotopic (exact) mass is 721 g/mol. The van der Waals surface area contributed by atoms with Gasteiger partial charge in [-0.15, -0.1) is 0 Å². The Morgan fingerprint density at radius 2 is 1.15 bits per heavy atom. The molecule has 10 nitrogen and oxygen atoms in total. The Morgan fingerprint density at radius 3 is 1.74 bits per heavy atom. The number of hydrogen-bond acceptors (Lipinski definition) is 9. The predicted molar refractivity (Wildman–Crippen MR) is 208 cm³/mol. The first-order valence-electron chi connectivity index (χ1n) is 19.1. The van der Waals surface area contributed by atoms with Crippen molar-refractivity contribution in [3.05, 3.63) is 96.8 Å². The van der Waals surface area contributed by atoms with Crippen molar-refractivity contribution >= 4 is 40.3 Å². The van der Waals surface area contributed by atoms with E-state index in [4.69, 9.17) is 5.73 Å². The third-order valence-electron chi connectivity index (χ3n) is 11.7. The predicted octanol–water partition coefficient (Wildman–Crippen LogP) is 5.98. The topological polar surface area (TPSA) is 106 Å². The maximum atomic E-state index is 14.0. The van der Waals surface area contributed by atoms with Crippen LogP contribution in [-0.2, 0) is 4.79 Å². The minimum Gasteiger partial charge on any atom is -0.371 e. The minimum atomic E-state index is -0.344. The zero-order valence-corrected chi connectivity index (χ0v) is 30.1. The number of carbonyl (C=O) groups excluding carboxylic acids is 1. The summed E-state index contributed by atoms with van der Waals surface area (Å²) in [5, 5.41) is 7.23. The Bertz CT molecular complexity index is 1900. The van der Waals surface area contributed by atoms with Crippen LogP contribution in [-0.4, -0.2) is 80.3 Å². The number of anilines is 6. The summed E-state index contributed by atoms with van der Waals surface area (Å²) in [5.41, 5.74) is 9.79. The number of halogens is 2. The Kier molecular flexibility index (Phi) is 10.2. The third-order valence-corrected chi connectivity index (χ3v) is 11.7. The molecule has 1 amide bonds. The van der Waals surface area contributed by atoms with Crippen LogP contribution in [0.15, 0.2) is 85.2 Å². The molecule has 4 N–H and O–H groups in total. The van der Waals surface area contributed by atoms with Crippen molar-refractivity contribution in [3.63, 3.8) is 0 Å². The van der Waals surface area contributed by atoms with E-state index in [1.54, 1.807) is 18.2 Å². The fourth-order valence-electron chi connectivity index (χ4n) is 8.92. The van der Waals surface area contributed by atoms with Gasteiger partial charge in [0.25, 0.3) is 0 Å². The smallest absolute Gasteiger partial charge is 0.222 e. The number of benzene rings is 2. The lowest BCUT2D eigenvalue weighted by molar-refractivity contribution is -0.122. The molecule has 4 aliphatic heterocycles. The van der Waals surface area contributed by atoms with E-state index in [-0.39, 0.29) is 35.5 Å². The average molecular weight is 722 g/mol. The fourth-order valence-corrected chi connectivity index (χ4v) is 8.92. The van der Waals surface area contributed by atoms with Gasteiger partial charge in [0.15, 0.2) is 0 Å². The second kappa shape index (κ2) is 15.5. The van der Waals surface area contributed by atoms with Gasteiger partial charge in [-0.25, -0.2) is 18.7 Å². The molecular formula is C41H49F2N9O. The first kappa shape index (κ1) is 34.9. The number of rotatable bonds is 10. The molecule has 0 radical (unpaired) electrons. The Labute approximate surface area is 310 Å². The van der Waals surface area contributed by atoms with E-state index >= 15 is 0 Å². The van der Waals surface area contributed by atoms with E-state index in [2.05, 4.69) is 59.6 Å². The molecule has 6 heterocycles. The molecule has 2 aromatic carbocycles. The zero-order valence-electron chi connectivity index (χ0n) is 30.1. The molecule has 4 aliphatic rings. The molecule has 0 bridgehead atoms. The summed E-state index contributed by atoms with van der Waals surface area (Å²) in [6, 6.07) is 22.0. The molecular weight excluding hydrogens is 673 g/mol. The van der Waals surface area contributed by atoms with Crippen LogP contribution in [0.2, 0.25) is 0 Å². The summed E-state index contributed by atoms with van der Waals surface area (Å²) >= 11 is 0. The van der Waals surface area contributed by atoms with Crippen LogP contribution in [0, 0.1) is 29.4 Å². The number of nitrogens with two attached hydrogens (primary N) is 1. The van der Waals surface area contributed by atoms with Gasteiger partial charge < -0.3 is 36.0 Å². The maximum Gasteiger partial charge on any atom is 0.222 e. The lowest BCUT2D eigenvalue weighted by Crippen LogP contribution is -2.50. The van der Waals surface area contributed by atoms with Crippen LogP contribution < -0.4 is 36.0 Å². The number of nitrogens with zero attached hydrogens (tertiary/aromatic N) is 6. The highest BCUT2D eigenvalue weighted by molar-refractivity contribution is 5.78. The number of nitrogens with one attached hydrogen (secondary N) is 2. The number of pyridine rings is 2. The molecule has 5 unspecified atom stereocenters. The Morgan fingerprint density at radius 1 is 0.623 bits per heavy atom. The summed E-state index contributed by atoms with van der Waals surface area (Å²) in [4.78, 5) is 30.8. The Hall–Kier alpha value is -5.13. The number of aromatic nitrogens is 2. The van der Waals surface area contributed by atoms with Crippen molar-refractivity contribution in [1.29, 1.82) is 0 Å². The van der Waals surface area contributed by atoms with Crippen molar-refractivity contribution in [2.45, 2.75) is 44.2 Å². The zero-order chi connectivity index (χ0) is 36.3. The van der Waals surface area contributed by atoms with Crippen molar-refractivity contribution in [2.75, 3.05) is 82.6 Å². The van der Waals surface area contributed by atoms with E-state index in [9.17, 15) is 13.6 Å². The Balaban J connectivity index is 0.856. The lowest BCUT2D eigenvalue weighted by atomic mass is 9.91. The van der Waals surface area contributed by atoms with Crippen molar-refractivity contribution in [1.82, 2.24) is 9.97 Å². The second-order valence-electron chi connectivity index (χ2n) is 15.3. The summed E-state index contributed by atoms with van der Waals surface area (Å²) in [5.74, 6) is 1.69. The SMILES string of the molecule is NC(=O)C1CC(Nc2cc(N3CCC(C4CCN(c5ccnc(NC6CCCN(c7cccc(F)c7)C6)c5)C4)C3)ccn2)CN(c2cccc(F)c2)C1. The summed E-state index contributed by atoms with van der Waals surface area (Å²) in [7, 11) is 0. The van der Waals surface area contributed by atoms with Crippen molar-refractivity contribution < 1.29 is 13.6 Å². The van der Waals surface area contributed by atoms with Crippen LogP contribution in [0.3, 0.4) is 0 Å². The van der Waals surface area contributed by atoms with Crippen LogP contribution in [0.1, 0.15) is 32.1 Å². The summed E-state index contributed by atoms with van der Waals surface area (Å²) in [6.45, 7) is 6.92. The van der Waals surface area contributed by atoms with Gasteiger partial charge in [0.05, 0.1) is 5.92 Å². The van der Waals surface area contributed by atoms with Crippen molar-refractivity contribution in [2.24, 2.45) is 23.5 Å². The van der Waals surface area contributed by atoms with Gasteiger partial charge in [-0.1, -0.05) is 12.1 Å². The van der Waals surface area contributed by atoms with E-state index in [0.717, 1.165) is 87.2 Å². The molecule has 2 aromatic heterocycles. The van der Waals surface area contributed by atoms with Crippen LogP contribution in [0.4, 0.5) is 43.2 Å². The normalized spacial score (nSPS) is 24.8. The highest BCUT2D eigenvalue weighted by atomic mass is 19.1.